The maximum Gasteiger partial charge on any atom is 0.205 e. The van der Waals surface area contributed by atoms with E-state index in [4.69, 9.17) is 0 Å². The van der Waals surface area contributed by atoms with Crippen LogP contribution >= 0.6 is 0 Å². The second-order valence-electron chi connectivity index (χ2n) is 7.57. The molecule has 0 aliphatic heterocycles. The minimum atomic E-state index is 0. The Morgan fingerprint density at radius 1 is 0.567 bits per heavy atom. The molecule has 0 aliphatic carbocycles. The molecule has 0 aliphatic rings. The first-order valence-corrected chi connectivity index (χ1v) is 9.84. The number of hydrogen-bond acceptors (Lipinski definition) is 2. The first-order chi connectivity index (χ1) is 13.9. The van der Waals surface area contributed by atoms with Gasteiger partial charge in [-0.25, -0.2) is 0 Å². The summed E-state index contributed by atoms with van der Waals surface area (Å²) in [7, 11) is 10.3. The number of halogens is 1. The van der Waals surface area contributed by atoms with Crippen molar-refractivity contribution in [2.75, 3.05) is 38.0 Å². The third-order valence-electron chi connectivity index (χ3n) is 5.02. The Morgan fingerprint density at radius 3 is 1.27 bits per heavy atom. The summed E-state index contributed by atoms with van der Waals surface area (Å²) >= 11 is 0. The molecule has 3 rings (SSSR count). The Balaban J connectivity index is 0.00000320. The van der Waals surface area contributed by atoms with Gasteiger partial charge in [0.1, 0.15) is 7.05 Å². The Bertz CT molecular complexity index is 922. The molecule has 1 aromatic heterocycles. The Labute approximate surface area is 198 Å². The van der Waals surface area contributed by atoms with Crippen molar-refractivity contribution in [1.29, 1.82) is 0 Å². The monoisotopic (exact) mass is 511 g/mol. The van der Waals surface area contributed by atoms with Gasteiger partial charge in [0.05, 0.1) is 0 Å². The fourth-order valence-electron chi connectivity index (χ4n) is 3.08. The minimum absolute atomic E-state index is 0. The molecule has 0 unspecified atom stereocenters. The third kappa shape index (κ3) is 6.20. The van der Waals surface area contributed by atoms with Crippen LogP contribution in [0, 0.1) is 0 Å². The van der Waals surface area contributed by atoms with Gasteiger partial charge in [0.15, 0.2) is 0 Å². The smallest absolute Gasteiger partial charge is 0.205 e. The van der Waals surface area contributed by atoms with Crippen LogP contribution in [0.4, 0.5) is 11.4 Å². The van der Waals surface area contributed by atoms with E-state index in [0.717, 1.165) is 11.4 Å². The highest BCUT2D eigenvalue weighted by Gasteiger charge is 2.07. The maximum atomic E-state index is 2.20. The number of aromatic nitrogens is 1. The molecule has 0 saturated heterocycles. The van der Waals surface area contributed by atoms with E-state index in [-0.39, 0.29) is 24.0 Å². The first-order valence-electron chi connectivity index (χ1n) is 9.84. The Morgan fingerprint density at radius 2 is 0.933 bits per heavy atom. The molecule has 0 bridgehead atoms. The molecule has 0 fully saturated rings. The molecule has 0 radical (unpaired) electrons. The van der Waals surface area contributed by atoms with Crippen LogP contribution in [0.15, 0.2) is 66.7 Å². The maximum absolute atomic E-state index is 2.20. The lowest BCUT2D eigenvalue weighted by Gasteiger charge is -2.11. The van der Waals surface area contributed by atoms with Gasteiger partial charge in [-0.15, -0.1) is 0 Å². The van der Waals surface area contributed by atoms with Crippen molar-refractivity contribution in [3.05, 3.63) is 89.2 Å². The van der Waals surface area contributed by atoms with Crippen molar-refractivity contribution in [2.45, 2.75) is 0 Å². The van der Waals surface area contributed by atoms with Gasteiger partial charge in [-0.2, -0.15) is 4.57 Å². The first kappa shape index (κ1) is 23.7. The number of rotatable bonds is 6. The van der Waals surface area contributed by atoms with E-state index in [1.165, 1.54) is 22.5 Å². The van der Waals surface area contributed by atoms with E-state index in [1.807, 2.05) is 0 Å². The average Bonchev–Trinajstić information content (AvgIpc) is 2.72. The van der Waals surface area contributed by atoms with Gasteiger partial charge in [-0.3, -0.25) is 0 Å². The van der Waals surface area contributed by atoms with Crippen LogP contribution < -0.4 is 38.3 Å². The molecule has 1 heterocycles. The summed E-state index contributed by atoms with van der Waals surface area (Å²) < 4.78 is 2.20. The van der Waals surface area contributed by atoms with Gasteiger partial charge < -0.3 is 33.8 Å². The highest BCUT2D eigenvalue weighted by atomic mass is 127. The third-order valence-corrected chi connectivity index (χ3v) is 5.02. The number of benzene rings is 2. The Kier molecular flexibility index (Phi) is 8.66. The van der Waals surface area contributed by atoms with E-state index in [0.29, 0.717) is 0 Å². The second-order valence-corrected chi connectivity index (χ2v) is 7.57. The van der Waals surface area contributed by atoms with Crippen molar-refractivity contribution < 1.29 is 28.5 Å². The van der Waals surface area contributed by atoms with Crippen LogP contribution in [-0.2, 0) is 7.05 Å². The van der Waals surface area contributed by atoms with Crippen LogP contribution in [0.3, 0.4) is 0 Å². The lowest BCUT2D eigenvalue weighted by atomic mass is 10.1. The summed E-state index contributed by atoms with van der Waals surface area (Å²) in [5, 5.41) is 0. The quantitative estimate of drug-likeness (QED) is 0.370. The summed E-state index contributed by atoms with van der Waals surface area (Å²) in [4.78, 5) is 4.22. The van der Waals surface area contributed by atoms with E-state index < -0.39 is 0 Å². The zero-order valence-electron chi connectivity index (χ0n) is 18.4. The van der Waals surface area contributed by atoms with Crippen LogP contribution in [0.5, 0.6) is 0 Å². The Hall–Kier alpha value is -2.60. The van der Waals surface area contributed by atoms with Crippen molar-refractivity contribution >= 4 is 35.7 Å². The summed E-state index contributed by atoms with van der Waals surface area (Å²) in [6, 6.07) is 23.5. The summed E-state index contributed by atoms with van der Waals surface area (Å²) in [5.41, 5.74) is 7.12. The predicted molar refractivity (Wildman–Crippen MR) is 127 cm³/mol. The molecule has 0 saturated carbocycles. The van der Waals surface area contributed by atoms with Crippen LogP contribution in [0.1, 0.15) is 22.5 Å². The molecule has 4 heteroatoms. The largest absolute Gasteiger partial charge is 1.00 e. The minimum Gasteiger partial charge on any atom is -1.00 e. The van der Waals surface area contributed by atoms with Gasteiger partial charge >= 0.3 is 0 Å². The lowest BCUT2D eigenvalue weighted by molar-refractivity contribution is -0.675. The highest BCUT2D eigenvalue weighted by Crippen LogP contribution is 2.15. The van der Waals surface area contributed by atoms with E-state index in [9.17, 15) is 0 Å². The summed E-state index contributed by atoms with van der Waals surface area (Å²) in [6.07, 6.45) is 8.63. The van der Waals surface area contributed by atoms with Gasteiger partial charge in [-0.1, -0.05) is 24.3 Å². The van der Waals surface area contributed by atoms with Gasteiger partial charge in [0, 0.05) is 63.9 Å². The number of pyridine rings is 1. The summed E-state index contributed by atoms with van der Waals surface area (Å²) in [5.74, 6) is 0. The van der Waals surface area contributed by atoms with Gasteiger partial charge in [0.25, 0.3) is 0 Å². The number of anilines is 2. The van der Waals surface area contributed by atoms with Crippen molar-refractivity contribution in [2.24, 2.45) is 7.05 Å². The van der Waals surface area contributed by atoms with Gasteiger partial charge in [-0.05, 0) is 53.6 Å². The molecule has 2 aromatic carbocycles. The molecule has 30 heavy (non-hydrogen) atoms. The molecular weight excluding hydrogens is 481 g/mol. The standard InChI is InChI=1S/C26H30N3.HI/c1-27(2)23-15-9-21(10-16-23)13-19-25-7-6-8-26(29(25)5)20-14-22-11-17-24(18-12-22)28(3)4;/h6-20H,1-5H3;1H/q+1;/p-1. The van der Waals surface area contributed by atoms with Crippen molar-refractivity contribution in [3.63, 3.8) is 0 Å². The molecule has 0 atom stereocenters. The molecular formula is C26H30IN3. The molecule has 3 nitrogen and oxygen atoms in total. The molecule has 0 N–H and O–H groups in total. The molecule has 0 amide bonds. The second kappa shape index (κ2) is 11.0. The highest BCUT2D eigenvalue weighted by molar-refractivity contribution is 5.70. The SMILES string of the molecule is CN(C)c1ccc(C=Cc2cccc(C=Cc3ccc(N(C)C)cc3)[n+]2C)cc1.[I-]. The predicted octanol–water partition coefficient (Wildman–Crippen LogP) is 1.99. The summed E-state index contributed by atoms with van der Waals surface area (Å²) in [6.45, 7) is 0. The molecule has 3 aromatic rings. The van der Waals surface area contributed by atoms with Crippen LogP contribution in [0.2, 0.25) is 0 Å². The number of nitrogens with zero attached hydrogens (tertiary/aromatic N) is 3. The van der Waals surface area contributed by atoms with Crippen LogP contribution in [0.25, 0.3) is 24.3 Å². The topological polar surface area (TPSA) is 10.4 Å². The molecule has 0 spiro atoms. The molecule has 156 valence electrons. The van der Waals surface area contributed by atoms with Crippen LogP contribution in [-0.4, -0.2) is 28.2 Å². The van der Waals surface area contributed by atoms with E-state index in [1.54, 1.807) is 0 Å². The normalized spacial score (nSPS) is 11.0. The lowest BCUT2D eigenvalue weighted by Crippen LogP contribution is -3.00. The average molecular weight is 511 g/mol. The van der Waals surface area contributed by atoms with E-state index >= 15 is 0 Å². The number of hydrogen-bond donors (Lipinski definition) is 0. The zero-order chi connectivity index (χ0) is 20.8. The van der Waals surface area contributed by atoms with E-state index in [2.05, 4.69) is 141 Å². The fourth-order valence-corrected chi connectivity index (χ4v) is 3.08. The van der Waals surface area contributed by atoms with Crippen molar-refractivity contribution in [3.8, 4) is 0 Å². The van der Waals surface area contributed by atoms with Gasteiger partial charge in [0.2, 0.25) is 11.4 Å². The fraction of sp³-hybridized carbons (Fsp3) is 0.192. The van der Waals surface area contributed by atoms with Crippen molar-refractivity contribution in [1.82, 2.24) is 0 Å². The zero-order valence-corrected chi connectivity index (χ0v) is 20.5.